The van der Waals surface area contributed by atoms with Crippen LogP contribution in [0, 0.1) is 5.92 Å². The van der Waals surface area contributed by atoms with Gasteiger partial charge < -0.3 is 0 Å². The molecule has 1 heterocycles. The third-order valence-corrected chi connectivity index (χ3v) is 3.38. The average Bonchev–Trinajstić information content (AvgIpc) is 2.54. The highest BCUT2D eigenvalue weighted by Gasteiger charge is 2.36. The van der Waals surface area contributed by atoms with Gasteiger partial charge in [-0.3, -0.25) is 19.3 Å². The first-order valence-corrected chi connectivity index (χ1v) is 6.39. The van der Waals surface area contributed by atoms with Crippen molar-refractivity contribution in [3.63, 3.8) is 0 Å². The van der Waals surface area contributed by atoms with Crippen LogP contribution >= 0.6 is 15.9 Å². The summed E-state index contributed by atoms with van der Waals surface area (Å²) in [4.78, 5) is 36.6. The molecule has 0 N–H and O–H groups in total. The van der Waals surface area contributed by atoms with E-state index in [0.717, 1.165) is 4.47 Å². The van der Waals surface area contributed by atoms with Crippen molar-refractivity contribution < 1.29 is 14.4 Å². The van der Waals surface area contributed by atoms with E-state index in [4.69, 9.17) is 0 Å². The van der Waals surface area contributed by atoms with E-state index >= 15 is 0 Å². The van der Waals surface area contributed by atoms with Crippen LogP contribution in [-0.4, -0.2) is 24.0 Å². The standard InChI is InChI=1S/C13H12BrNO3/c1-7(2)11(16)6-15-10-4-3-8(14)5-9(10)12(17)13(15)18/h3-5,7H,6H2,1-2H3. The van der Waals surface area contributed by atoms with E-state index in [0.29, 0.717) is 11.3 Å². The van der Waals surface area contributed by atoms with Gasteiger partial charge in [0.2, 0.25) is 0 Å². The molecule has 0 fully saturated rings. The Kier molecular flexibility index (Phi) is 3.34. The second kappa shape index (κ2) is 4.65. The number of rotatable bonds is 3. The second-order valence-corrected chi connectivity index (χ2v) is 5.42. The largest absolute Gasteiger partial charge is 0.299 e. The Hall–Kier alpha value is -1.49. The Labute approximate surface area is 113 Å². The molecule has 5 heteroatoms. The van der Waals surface area contributed by atoms with Crippen LogP contribution in [0.4, 0.5) is 5.69 Å². The maximum Gasteiger partial charge on any atom is 0.299 e. The normalized spacial score (nSPS) is 14.3. The van der Waals surface area contributed by atoms with Crippen molar-refractivity contribution in [2.75, 3.05) is 11.4 Å². The van der Waals surface area contributed by atoms with Crippen molar-refractivity contribution in [3.8, 4) is 0 Å². The number of carbonyl (C=O) groups excluding carboxylic acids is 3. The molecule has 0 radical (unpaired) electrons. The van der Waals surface area contributed by atoms with Gasteiger partial charge in [0.1, 0.15) is 0 Å². The Morgan fingerprint density at radius 1 is 1.33 bits per heavy atom. The zero-order valence-corrected chi connectivity index (χ0v) is 11.7. The van der Waals surface area contributed by atoms with Gasteiger partial charge >= 0.3 is 0 Å². The van der Waals surface area contributed by atoms with Crippen molar-refractivity contribution in [2.45, 2.75) is 13.8 Å². The van der Waals surface area contributed by atoms with Crippen LogP contribution < -0.4 is 4.90 Å². The number of amides is 1. The number of Topliss-reactive ketones (excluding diaryl/α,β-unsaturated/α-hetero) is 2. The Morgan fingerprint density at radius 2 is 2.00 bits per heavy atom. The number of halogens is 1. The topological polar surface area (TPSA) is 54.5 Å². The molecule has 0 bridgehead atoms. The van der Waals surface area contributed by atoms with Crippen LogP contribution in [0.15, 0.2) is 22.7 Å². The fraction of sp³-hybridized carbons (Fsp3) is 0.308. The zero-order valence-electron chi connectivity index (χ0n) is 10.1. The monoisotopic (exact) mass is 309 g/mol. The van der Waals surface area contributed by atoms with Crippen molar-refractivity contribution in [1.82, 2.24) is 0 Å². The third kappa shape index (κ3) is 2.10. The second-order valence-electron chi connectivity index (χ2n) is 4.50. The smallest absolute Gasteiger partial charge is 0.297 e. The molecule has 0 spiro atoms. The summed E-state index contributed by atoms with van der Waals surface area (Å²) in [5.74, 6) is -1.40. The molecule has 0 aliphatic carbocycles. The highest BCUT2D eigenvalue weighted by Crippen LogP contribution is 2.31. The van der Waals surface area contributed by atoms with E-state index < -0.39 is 11.7 Å². The molecule has 1 amide bonds. The first kappa shape index (κ1) is 13.0. The summed E-state index contributed by atoms with van der Waals surface area (Å²) in [6, 6.07) is 5.03. The van der Waals surface area contributed by atoms with Gasteiger partial charge in [-0.15, -0.1) is 0 Å². The molecule has 0 aromatic heterocycles. The van der Waals surface area contributed by atoms with Gasteiger partial charge in [-0.2, -0.15) is 0 Å². The Balaban J connectivity index is 2.37. The number of carbonyl (C=O) groups is 3. The molecule has 0 unspecified atom stereocenters. The average molecular weight is 310 g/mol. The van der Waals surface area contributed by atoms with E-state index in [1.54, 1.807) is 32.0 Å². The lowest BCUT2D eigenvalue weighted by Crippen LogP contribution is -2.36. The highest BCUT2D eigenvalue weighted by atomic mass is 79.9. The van der Waals surface area contributed by atoms with E-state index in [9.17, 15) is 14.4 Å². The molecule has 0 saturated carbocycles. The van der Waals surface area contributed by atoms with Crippen molar-refractivity contribution in [3.05, 3.63) is 28.2 Å². The van der Waals surface area contributed by atoms with Gasteiger partial charge in [-0.1, -0.05) is 29.8 Å². The van der Waals surface area contributed by atoms with Gasteiger partial charge in [-0.05, 0) is 18.2 Å². The van der Waals surface area contributed by atoms with Crippen molar-refractivity contribution in [1.29, 1.82) is 0 Å². The van der Waals surface area contributed by atoms with Crippen molar-refractivity contribution >= 4 is 39.1 Å². The molecule has 18 heavy (non-hydrogen) atoms. The Bertz CT molecular complexity index is 551. The van der Waals surface area contributed by atoms with Gasteiger partial charge in [-0.25, -0.2) is 0 Å². The maximum atomic E-state index is 11.8. The number of nitrogens with zero attached hydrogens (tertiary/aromatic N) is 1. The predicted octanol–water partition coefficient (Wildman–Crippen LogP) is 2.20. The fourth-order valence-electron chi connectivity index (χ4n) is 1.77. The lowest BCUT2D eigenvalue weighted by atomic mass is 10.1. The summed E-state index contributed by atoms with van der Waals surface area (Å²) in [5, 5.41) is 0. The van der Waals surface area contributed by atoms with Crippen LogP contribution in [0.1, 0.15) is 24.2 Å². The zero-order chi connectivity index (χ0) is 13.4. The summed E-state index contributed by atoms with van der Waals surface area (Å²) in [6.45, 7) is 3.50. The van der Waals surface area contributed by atoms with E-state index in [1.165, 1.54) is 4.90 Å². The first-order chi connectivity index (χ1) is 8.41. The lowest BCUT2D eigenvalue weighted by Gasteiger charge is -2.16. The van der Waals surface area contributed by atoms with Crippen LogP contribution in [0.2, 0.25) is 0 Å². The van der Waals surface area contributed by atoms with Crippen molar-refractivity contribution in [2.24, 2.45) is 5.92 Å². The molecular formula is C13H12BrNO3. The fourth-order valence-corrected chi connectivity index (χ4v) is 2.13. The number of benzene rings is 1. The van der Waals surface area contributed by atoms with Gasteiger partial charge in [0, 0.05) is 10.4 Å². The number of anilines is 1. The van der Waals surface area contributed by atoms with Crippen LogP contribution in [-0.2, 0) is 9.59 Å². The molecule has 2 rings (SSSR count). The molecular weight excluding hydrogens is 298 g/mol. The number of fused-ring (bicyclic) bond motifs is 1. The summed E-state index contributed by atoms with van der Waals surface area (Å²) < 4.78 is 0.736. The van der Waals surface area contributed by atoms with E-state index in [2.05, 4.69) is 15.9 Å². The van der Waals surface area contributed by atoms with Crippen LogP contribution in [0.5, 0.6) is 0 Å². The molecule has 1 aromatic carbocycles. The maximum absolute atomic E-state index is 11.8. The molecule has 0 saturated heterocycles. The van der Waals surface area contributed by atoms with E-state index in [-0.39, 0.29) is 18.2 Å². The summed E-state index contributed by atoms with van der Waals surface area (Å²) in [5.41, 5.74) is 0.869. The van der Waals surface area contributed by atoms with Gasteiger partial charge in [0.05, 0.1) is 17.8 Å². The molecule has 0 atom stereocenters. The minimum Gasteiger partial charge on any atom is -0.297 e. The van der Waals surface area contributed by atoms with Crippen LogP contribution in [0.25, 0.3) is 0 Å². The minimum atomic E-state index is -0.628. The highest BCUT2D eigenvalue weighted by molar-refractivity contribution is 9.10. The number of hydrogen-bond acceptors (Lipinski definition) is 3. The quantitative estimate of drug-likeness (QED) is 0.804. The van der Waals surface area contributed by atoms with Gasteiger partial charge in [0.15, 0.2) is 5.78 Å². The molecule has 94 valence electrons. The van der Waals surface area contributed by atoms with E-state index in [1.807, 2.05) is 0 Å². The lowest BCUT2D eigenvalue weighted by molar-refractivity contribution is -0.122. The third-order valence-electron chi connectivity index (χ3n) is 2.89. The first-order valence-electron chi connectivity index (χ1n) is 5.60. The summed E-state index contributed by atoms with van der Waals surface area (Å²) in [6.07, 6.45) is 0. The Morgan fingerprint density at radius 3 is 2.61 bits per heavy atom. The summed E-state index contributed by atoms with van der Waals surface area (Å²) in [7, 11) is 0. The minimum absolute atomic E-state index is 0.0448. The number of hydrogen-bond donors (Lipinski definition) is 0. The summed E-state index contributed by atoms with van der Waals surface area (Å²) >= 11 is 3.26. The molecule has 4 nitrogen and oxygen atoms in total. The van der Waals surface area contributed by atoms with Crippen LogP contribution in [0.3, 0.4) is 0 Å². The SMILES string of the molecule is CC(C)C(=O)CN1C(=O)C(=O)c2cc(Br)ccc21. The predicted molar refractivity (Wildman–Crippen MR) is 70.7 cm³/mol. The van der Waals surface area contributed by atoms with Gasteiger partial charge in [0.25, 0.3) is 11.7 Å². The molecule has 1 aliphatic heterocycles. The molecule has 1 aromatic rings. The number of ketones is 2. The molecule has 1 aliphatic rings.